The molecular weight excluding hydrogens is 406 g/mol. The van der Waals surface area contributed by atoms with Crippen molar-refractivity contribution in [1.82, 2.24) is 29.2 Å². The first kappa shape index (κ1) is 19.8. The summed E-state index contributed by atoms with van der Waals surface area (Å²) in [5.41, 5.74) is 1.71. The van der Waals surface area contributed by atoms with E-state index in [4.69, 9.17) is 17.4 Å². The van der Waals surface area contributed by atoms with Crippen LogP contribution in [0.2, 0.25) is 5.02 Å². The van der Waals surface area contributed by atoms with Gasteiger partial charge in [-0.05, 0) is 26.0 Å². The van der Waals surface area contributed by atoms with Gasteiger partial charge < -0.3 is 15.1 Å². The molecule has 0 aromatic carbocycles. The normalized spacial score (nSPS) is 11.2. The van der Waals surface area contributed by atoms with Crippen LogP contribution in [0.5, 0.6) is 0 Å². The Kier molecular flexibility index (Phi) is 6.51. The van der Waals surface area contributed by atoms with Crippen molar-refractivity contribution in [1.29, 1.82) is 0 Å². The van der Waals surface area contributed by atoms with E-state index in [9.17, 15) is 4.79 Å². The summed E-state index contributed by atoms with van der Waals surface area (Å²) < 4.78 is 3.29. The van der Waals surface area contributed by atoms with Crippen molar-refractivity contribution in [3.8, 4) is 0 Å². The van der Waals surface area contributed by atoms with Gasteiger partial charge in [-0.2, -0.15) is 0 Å². The fourth-order valence-electron chi connectivity index (χ4n) is 2.48. The molecule has 3 rings (SSSR count). The van der Waals surface area contributed by atoms with Crippen molar-refractivity contribution in [2.24, 2.45) is 0 Å². The number of carbonyl (C=O) groups excluding carboxylic acids is 1. The van der Waals surface area contributed by atoms with Crippen LogP contribution in [0.3, 0.4) is 0 Å². The van der Waals surface area contributed by atoms with Gasteiger partial charge in [-0.15, -0.1) is 10.2 Å². The molecule has 0 aliphatic carbocycles. The number of thioether (sulfide) groups is 2. The number of nitrogens with two attached hydrogens (primary N) is 1. The Bertz CT molecular complexity index is 938. The van der Waals surface area contributed by atoms with E-state index in [1.165, 1.54) is 28.2 Å². The van der Waals surface area contributed by atoms with Crippen molar-refractivity contribution in [2.75, 3.05) is 24.7 Å². The van der Waals surface area contributed by atoms with Crippen molar-refractivity contribution in [3.05, 3.63) is 35.2 Å². The van der Waals surface area contributed by atoms with Crippen LogP contribution < -0.4 is 5.84 Å². The highest BCUT2D eigenvalue weighted by molar-refractivity contribution is 8.00. The zero-order valence-electron chi connectivity index (χ0n) is 15.0. The third-order valence-electron chi connectivity index (χ3n) is 3.89. The highest BCUT2D eigenvalue weighted by atomic mass is 35.5. The van der Waals surface area contributed by atoms with E-state index in [1.54, 1.807) is 11.0 Å². The Labute approximate surface area is 170 Å². The molecule has 144 valence electrons. The first-order valence-electron chi connectivity index (χ1n) is 8.38. The zero-order valence-corrected chi connectivity index (χ0v) is 17.4. The average molecular weight is 426 g/mol. The van der Waals surface area contributed by atoms with E-state index < -0.39 is 0 Å². The van der Waals surface area contributed by atoms with E-state index in [1.807, 2.05) is 36.7 Å². The lowest BCUT2D eigenvalue weighted by molar-refractivity contribution is -0.127. The van der Waals surface area contributed by atoms with Crippen molar-refractivity contribution in [2.45, 2.75) is 29.9 Å². The lowest BCUT2D eigenvalue weighted by Gasteiger charge is -2.17. The number of amides is 1. The quantitative estimate of drug-likeness (QED) is 0.437. The Morgan fingerprint density at radius 2 is 1.89 bits per heavy atom. The van der Waals surface area contributed by atoms with Crippen molar-refractivity contribution < 1.29 is 4.79 Å². The highest BCUT2D eigenvalue weighted by Gasteiger charge is 2.15. The van der Waals surface area contributed by atoms with E-state index in [0.29, 0.717) is 34.2 Å². The van der Waals surface area contributed by atoms with Gasteiger partial charge in [0.15, 0.2) is 0 Å². The maximum atomic E-state index is 12.1. The average Bonchev–Trinajstić information content (AvgIpc) is 3.21. The molecule has 0 bridgehead atoms. The summed E-state index contributed by atoms with van der Waals surface area (Å²) in [4.78, 5) is 18.4. The van der Waals surface area contributed by atoms with Crippen LogP contribution in [0.15, 0.2) is 34.8 Å². The monoisotopic (exact) mass is 425 g/mol. The van der Waals surface area contributed by atoms with Gasteiger partial charge in [0.05, 0.1) is 16.5 Å². The third kappa shape index (κ3) is 4.69. The van der Waals surface area contributed by atoms with Gasteiger partial charge in [0.25, 0.3) is 0 Å². The standard InChI is InChI=1S/C16H20ClN7OS2/c1-3-22(4-2)14(25)10-27-16-21-20-15(24(16)18)26-9-12-8-23-7-11(17)5-6-13(23)19-12/h5-8H,3-4,9-10,18H2,1-2H3. The second kappa shape index (κ2) is 8.85. The SMILES string of the molecule is CCN(CC)C(=O)CSc1nnc(SCc2cn3cc(Cl)ccc3n2)n1N. The maximum Gasteiger partial charge on any atom is 0.233 e. The summed E-state index contributed by atoms with van der Waals surface area (Å²) >= 11 is 8.72. The van der Waals surface area contributed by atoms with Crippen LogP contribution >= 0.6 is 35.1 Å². The number of rotatable bonds is 8. The van der Waals surface area contributed by atoms with Gasteiger partial charge in [-0.1, -0.05) is 35.1 Å². The minimum absolute atomic E-state index is 0.0607. The summed E-state index contributed by atoms with van der Waals surface area (Å²) in [6.07, 6.45) is 3.73. The molecule has 3 aromatic rings. The van der Waals surface area contributed by atoms with Gasteiger partial charge in [-0.3, -0.25) is 4.79 Å². The Morgan fingerprint density at radius 1 is 1.19 bits per heavy atom. The molecule has 0 aliphatic heterocycles. The van der Waals surface area contributed by atoms with Gasteiger partial charge in [0, 0.05) is 31.2 Å². The molecule has 3 heterocycles. The molecule has 11 heteroatoms. The van der Waals surface area contributed by atoms with E-state index >= 15 is 0 Å². The molecule has 0 aliphatic rings. The van der Waals surface area contributed by atoms with Gasteiger partial charge in [-0.25, -0.2) is 9.66 Å². The molecule has 8 nitrogen and oxygen atoms in total. The second-order valence-electron chi connectivity index (χ2n) is 5.62. The second-order valence-corrected chi connectivity index (χ2v) is 7.94. The third-order valence-corrected chi connectivity index (χ3v) is 6.02. The van der Waals surface area contributed by atoms with E-state index in [-0.39, 0.29) is 11.7 Å². The predicted octanol–water partition coefficient (Wildman–Crippen LogP) is 2.55. The lowest BCUT2D eigenvalue weighted by Crippen LogP contribution is -2.32. The number of halogens is 1. The van der Waals surface area contributed by atoms with E-state index in [0.717, 1.165) is 11.3 Å². The zero-order chi connectivity index (χ0) is 19.4. The summed E-state index contributed by atoms with van der Waals surface area (Å²) in [5.74, 6) is 7.01. The Hall–Kier alpha value is -1.91. The van der Waals surface area contributed by atoms with Crippen LogP contribution in [-0.2, 0) is 10.5 Å². The maximum absolute atomic E-state index is 12.1. The molecule has 1 amide bonds. The minimum Gasteiger partial charge on any atom is -0.343 e. The fraction of sp³-hybridized carbons (Fsp3) is 0.375. The first-order valence-corrected chi connectivity index (χ1v) is 10.7. The lowest BCUT2D eigenvalue weighted by atomic mass is 10.5. The van der Waals surface area contributed by atoms with Gasteiger partial charge in [0.1, 0.15) is 5.65 Å². The largest absolute Gasteiger partial charge is 0.343 e. The summed E-state index contributed by atoms with van der Waals surface area (Å²) in [6.45, 7) is 5.30. The van der Waals surface area contributed by atoms with Crippen molar-refractivity contribution in [3.63, 3.8) is 0 Å². The predicted molar refractivity (Wildman–Crippen MR) is 109 cm³/mol. The summed E-state index contributed by atoms with van der Waals surface area (Å²) in [7, 11) is 0. The number of hydrogen-bond acceptors (Lipinski definition) is 7. The Morgan fingerprint density at radius 3 is 2.59 bits per heavy atom. The number of hydrogen-bond donors (Lipinski definition) is 1. The van der Waals surface area contributed by atoms with Crippen LogP contribution in [0.4, 0.5) is 0 Å². The molecule has 0 spiro atoms. The molecule has 3 aromatic heterocycles. The number of nitrogen functional groups attached to an aromatic ring is 1. The molecule has 27 heavy (non-hydrogen) atoms. The summed E-state index contributed by atoms with van der Waals surface area (Å²) in [6, 6.07) is 3.67. The van der Waals surface area contributed by atoms with E-state index in [2.05, 4.69) is 15.2 Å². The molecular formula is C16H20ClN7OS2. The summed E-state index contributed by atoms with van der Waals surface area (Å²) in [5, 5.41) is 9.93. The first-order chi connectivity index (χ1) is 13.0. The number of imidazole rings is 1. The Balaban J connectivity index is 1.60. The van der Waals surface area contributed by atoms with Gasteiger partial charge >= 0.3 is 0 Å². The van der Waals surface area contributed by atoms with Crippen LogP contribution in [-0.4, -0.2) is 53.9 Å². The molecule has 0 fully saturated rings. The minimum atomic E-state index is 0.0607. The number of carbonyl (C=O) groups is 1. The van der Waals surface area contributed by atoms with Crippen molar-refractivity contribution >= 4 is 46.7 Å². The number of pyridine rings is 1. The van der Waals surface area contributed by atoms with Crippen LogP contribution in [0.1, 0.15) is 19.5 Å². The number of fused-ring (bicyclic) bond motifs is 1. The molecule has 0 saturated carbocycles. The van der Waals surface area contributed by atoms with Crippen LogP contribution in [0, 0.1) is 0 Å². The molecule has 0 atom stereocenters. The molecule has 0 radical (unpaired) electrons. The molecule has 2 N–H and O–H groups in total. The number of aromatic nitrogens is 5. The highest BCUT2D eigenvalue weighted by Crippen LogP contribution is 2.24. The topological polar surface area (TPSA) is 94.3 Å². The molecule has 0 unspecified atom stereocenters. The van der Waals surface area contributed by atoms with Gasteiger partial charge in [0.2, 0.25) is 16.2 Å². The molecule has 0 saturated heterocycles. The fourth-order valence-corrected chi connectivity index (χ4v) is 4.21. The smallest absolute Gasteiger partial charge is 0.233 e. The number of nitrogens with zero attached hydrogens (tertiary/aromatic N) is 6. The van der Waals surface area contributed by atoms with Crippen LogP contribution in [0.25, 0.3) is 5.65 Å².